The fourth-order valence-electron chi connectivity index (χ4n) is 0.623. The Morgan fingerprint density at radius 3 is 2.86 bits per heavy atom. The lowest BCUT2D eigenvalue weighted by Crippen LogP contribution is -2.14. The molecule has 41 valence electrons. The predicted molar refractivity (Wildman–Crippen MR) is 25.2 cm³/mol. The molecule has 0 aromatic carbocycles. The van der Waals surface area contributed by atoms with Gasteiger partial charge in [-0.25, -0.2) is 0 Å². The summed E-state index contributed by atoms with van der Waals surface area (Å²) in [7, 11) is 0. The van der Waals surface area contributed by atoms with E-state index in [1.165, 1.54) is 0 Å². The van der Waals surface area contributed by atoms with Crippen LogP contribution < -0.4 is 0 Å². The number of aliphatic hydroxyl groups excluding tert-OH is 1. The Kier molecular flexibility index (Phi) is 1.65. The van der Waals surface area contributed by atoms with Gasteiger partial charge in [0.1, 0.15) is 0 Å². The molecule has 1 aliphatic rings. The Morgan fingerprint density at radius 2 is 2.57 bits per heavy atom. The summed E-state index contributed by atoms with van der Waals surface area (Å²) in [6, 6.07) is 0. The lowest BCUT2D eigenvalue weighted by Gasteiger charge is -2.15. The first kappa shape index (κ1) is 5.06. The molecular formula is C5H9O2. The molecule has 7 heavy (non-hydrogen) atoms. The van der Waals surface area contributed by atoms with Crippen LogP contribution >= 0.6 is 0 Å². The molecule has 1 atom stereocenters. The molecule has 1 unspecified atom stereocenters. The highest BCUT2D eigenvalue weighted by Gasteiger charge is 2.08. The lowest BCUT2D eigenvalue weighted by molar-refractivity contribution is -0.0942. The second-order valence-electron chi connectivity index (χ2n) is 1.69. The normalized spacial score (nSPS) is 33.0. The minimum atomic E-state index is -0.520. The molecular weight excluding hydrogens is 92.1 g/mol. The van der Waals surface area contributed by atoms with E-state index in [0.717, 1.165) is 19.3 Å². The van der Waals surface area contributed by atoms with Gasteiger partial charge in [-0.1, -0.05) is 0 Å². The van der Waals surface area contributed by atoms with Crippen molar-refractivity contribution in [3.8, 4) is 0 Å². The van der Waals surface area contributed by atoms with Crippen molar-refractivity contribution in [2.24, 2.45) is 0 Å². The second kappa shape index (κ2) is 2.28. The molecule has 0 aromatic rings. The van der Waals surface area contributed by atoms with Gasteiger partial charge >= 0.3 is 0 Å². The molecule has 0 aliphatic carbocycles. The molecule has 1 N–H and O–H groups in total. The van der Waals surface area contributed by atoms with Crippen molar-refractivity contribution < 1.29 is 9.84 Å². The van der Waals surface area contributed by atoms with Crippen LogP contribution in [0.25, 0.3) is 0 Å². The van der Waals surface area contributed by atoms with Gasteiger partial charge in [-0.2, -0.15) is 0 Å². The summed E-state index contributed by atoms with van der Waals surface area (Å²) in [5.41, 5.74) is 0. The first-order valence-electron chi connectivity index (χ1n) is 2.55. The third-order valence-electron chi connectivity index (χ3n) is 1.03. The van der Waals surface area contributed by atoms with E-state index in [-0.39, 0.29) is 0 Å². The van der Waals surface area contributed by atoms with E-state index in [0.29, 0.717) is 0 Å². The molecule has 0 aromatic heterocycles. The Balaban J connectivity index is 2.12. The van der Waals surface area contributed by atoms with Crippen LogP contribution in [0.15, 0.2) is 0 Å². The lowest BCUT2D eigenvalue weighted by atomic mass is 10.2. The smallest absolute Gasteiger partial charge is 0.155 e. The maximum atomic E-state index is 8.66. The fourth-order valence-corrected chi connectivity index (χ4v) is 0.623. The van der Waals surface area contributed by atoms with E-state index < -0.39 is 6.29 Å². The first-order valence-corrected chi connectivity index (χ1v) is 2.55. The topological polar surface area (TPSA) is 29.5 Å². The van der Waals surface area contributed by atoms with Gasteiger partial charge < -0.3 is 9.84 Å². The van der Waals surface area contributed by atoms with Gasteiger partial charge in [0, 0.05) is 0 Å². The minimum absolute atomic E-state index is 0.520. The third kappa shape index (κ3) is 1.45. The molecule has 1 heterocycles. The van der Waals surface area contributed by atoms with Gasteiger partial charge in [0.05, 0.1) is 6.61 Å². The van der Waals surface area contributed by atoms with Crippen LogP contribution in [0.5, 0.6) is 0 Å². The van der Waals surface area contributed by atoms with Gasteiger partial charge in [0.2, 0.25) is 0 Å². The highest BCUT2D eigenvalue weighted by Crippen LogP contribution is 2.12. The summed E-state index contributed by atoms with van der Waals surface area (Å²) in [5, 5.41) is 8.66. The van der Waals surface area contributed by atoms with Gasteiger partial charge in [0.15, 0.2) is 6.29 Å². The van der Waals surface area contributed by atoms with E-state index in [9.17, 15) is 0 Å². The Labute approximate surface area is 43.1 Å². The van der Waals surface area contributed by atoms with Crippen molar-refractivity contribution in [3.63, 3.8) is 0 Å². The third-order valence-corrected chi connectivity index (χ3v) is 1.03. The number of rotatable bonds is 0. The van der Waals surface area contributed by atoms with Crippen molar-refractivity contribution in [2.75, 3.05) is 0 Å². The summed E-state index contributed by atoms with van der Waals surface area (Å²) in [6.45, 7) is 1.66. The largest absolute Gasteiger partial charge is 0.368 e. The van der Waals surface area contributed by atoms with Crippen molar-refractivity contribution in [3.05, 3.63) is 6.61 Å². The van der Waals surface area contributed by atoms with E-state index in [1.54, 1.807) is 6.61 Å². The van der Waals surface area contributed by atoms with Crippen LogP contribution in [0.4, 0.5) is 0 Å². The SMILES string of the molecule is OC1CCC[CH]O1. The molecule has 2 heteroatoms. The minimum Gasteiger partial charge on any atom is -0.368 e. The molecule has 0 bridgehead atoms. The highest BCUT2D eigenvalue weighted by molar-refractivity contribution is 4.59. The van der Waals surface area contributed by atoms with Crippen LogP contribution in [0.2, 0.25) is 0 Å². The summed E-state index contributed by atoms with van der Waals surface area (Å²) < 4.78 is 4.71. The standard InChI is InChI=1S/C5H9O2/c6-5-3-1-2-4-7-5/h4-6H,1-3H2. The molecule has 0 saturated carbocycles. The van der Waals surface area contributed by atoms with Gasteiger partial charge in [0.25, 0.3) is 0 Å². The zero-order chi connectivity index (χ0) is 5.11. The number of hydrogen-bond donors (Lipinski definition) is 1. The maximum Gasteiger partial charge on any atom is 0.155 e. The summed E-state index contributed by atoms with van der Waals surface area (Å²) in [6.07, 6.45) is 2.31. The van der Waals surface area contributed by atoms with Crippen LogP contribution in [0, 0.1) is 6.61 Å². The van der Waals surface area contributed by atoms with Crippen LogP contribution in [-0.2, 0) is 4.74 Å². The van der Waals surface area contributed by atoms with Crippen LogP contribution in [0.1, 0.15) is 19.3 Å². The summed E-state index contributed by atoms with van der Waals surface area (Å²) in [4.78, 5) is 0. The molecule has 1 rings (SSSR count). The number of hydrogen-bond acceptors (Lipinski definition) is 2. The molecule has 1 radical (unpaired) electrons. The van der Waals surface area contributed by atoms with Crippen molar-refractivity contribution in [1.29, 1.82) is 0 Å². The van der Waals surface area contributed by atoms with E-state index in [1.807, 2.05) is 0 Å². The monoisotopic (exact) mass is 101 g/mol. The quantitative estimate of drug-likeness (QED) is 0.486. The van der Waals surface area contributed by atoms with Gasteiger partial charge in [-0.05, 0) is 19.3 Å². The van der Waals surface area contributed by atoms with Gasteiger partial charge in [-0.3, -0.25) is 0 Å². The van der Waals surface area contributed by atoms with Crippen molar-refractivity contribution >= 4 is 0 Å². The summed E-state index contributed by atoms with van der Waals surface area (Å²) in [5.74, 6) is 0. The van der Waals surface area contributed by atoms with Gasteiger partial charge in [-0.15, -0.1) is 0 Å². The molecule has 0 spiro atoms. The first-order chi connectivity index (χ1) is 3.39. The zero-order valence-electron chi connectivity index (χ0n) is 4.13. The molecule has 1 saturated heterocycles. The molecule has 1 aliphatic heterocycles. The van der Waals surface area contributed by atoms with E-state index >= 15 is 0 Å². The Hall–Kier alpha value is -0.0800. The van der Waals surface area contributed by atoms with E-state index in [2.05, 4.69) is 0 Å². The average Bonchev–Trinajstić information content (AvgIpc) is 1.69. The highest BCUT2D eigenvalue weighted by atomic mass is 16.6. The van der Waals surface area contributed by atoms with E-state index in [4.69, 9.17) is 9.84 Å². The molecule has 1 fully saturated rings. The Morgan fingerprint density at radius 1 is 1.71 bits per heavy atom. The molecule has 0 amide bonds. The zero-order valence-corrected chi connectivity index (χ0v) is 4.13. The second-order valence-corrected chi connectivity index (χ2v) is 1.69. The van der Waals surface area contributed by atoms with Crippen molar-refractivity contribution in [2.45, 2.75) is 25.6 Å². The molecule has 2 nitrogen and oxygen atoms in total. The number of ether oxygens (including phenoxy) is 1. The van der Waals surface area contributed by atoms with Crippen molar-refractivity contribution in [1.82, 2.24) is 0 Å². The maximum absolute atomic E-state index is 8.66. The number of aliphatic hydroxyl groups is 1. The predicted octanol–water partition coefficient (Wildman–Crippen LogP) is 0.667. The Bertz CT molecular complexity index is 48.0. The van der Waals surface area contributed by atoms with Crippen LogP contribution in [0.3, 0.4) is 0 Å². The fraction of sp³-hybridized carbons (Fsp3) is 0.800. The average molecular weight is 101 g/mol. The summed E-state index contributed by atoms with van der Waals surface area (Å²) >= 11 is 0. The van der Waals surface area contributed by atoms with Crippen LogP contribution in [-0.4, -0.2) is 11.4 Å².